The van der Waals surface area contributed by atoms with Crippen LogP contribution in [-0.4, -0.2) is 20.6 Å². The molecule has 0 radical (unpaired) electrons. The summed E-state index contributed by atoms with van der Waals surface area (Å²) in [7, 11) is 0. The first-order valence-corrected chi connectivity index (χ1v) is 7.52. The minimum Gasteiger partial charge on any atom is -0.478 e. The van der Waals surface area contributed by atoms with Crippen LogP contribution in [0.3, 0.4) is 0 Å². The van der Waals surface area contributed by atoms with Crippen LogP contribution in [0.5, 0.6) is 0 Å². The molecule has 0 atom stereocenters. The van der Waals surface area contributed by atoms with Gasteiger partial charge in [0.2, 0.25) is 0 Å². The number of fused-ring (bicyclic) bond motifs is 1. The molecule has 0 aliphatic heterocycles. The van der Waals surface area contributed by atoms with Crippen molar-refractivity contribution in [1.29, 1.82) is 0 Å². The van der Waals surface area contributed by atoms with Crippen molar-refractivity contribution < 1.29 is 9.90 Å². The van der Waals surface area contributed by atoms with Crippen LogP contribution in [0.1, 0.15) is 16.8 Å². The SMILES string of the molecule is Cc1cnc2c(c1)cc(/C=C/C(=O)O)n2Cc1ccc(Cl)cc1. The van der Waals surface area contributed by atoms with Crippen molar-refractivity contribution in [1.82, 2.24) is 9.55 Å². The molecule has 0 aliphatic rings. The van der Waals surface area contributed by atoms with E-state index in [9.17, 15) is 4.79 Å². The summed E-state index contributed by atoms with van der Waals surface area (Å²) in [4.78, 5) is 15.3. The number of aliphatic carboxylic acids is 1. The van der Waals surface area contributed by atoms with Gasteiger partial charge in [0.1, 0.15) is 5.65 Å². The molecule has 2 heterocycles. The van der Waals surface area contributed by atoms with Crippen LogP contribution in [0.4, 0.5) is 0 Å². The molecule has 0 aliphatic carbocycles. The second-order valence-electron chi connectivity index (χ2n) is 5.38. The van der Waals surface area contributed by atoms with Crippen LogP contribution < -0.4 is 0 Å². The Morgan fingerprint density at radius 1 is 1.30 bits per heavy atom. The van der Waals surface area contributed by atoms with Gasteiger partial charge in [0, 0.05) is 34.9 Å². The Labute approximate surface area is 138 Å². The molecule has 0 fully saturated rings. The van der Waals surface area contributed by atoms with Crippen LogP contribution in [0, 0.1) is 6.92 Å². The Morgan fingerprint density at radius 2 is 2.04 bits per heavy atom. The molecule has 2 aromatic heterocycles. The molecular weight excluding hydrogens is 312 g/mol. The number of nitrogens with zero attached hydrogens (tertiary/aromatic N) is 2. The summed E-state index contributed by atoms with van der Waals surface area (Å²) in [6.45, 7) is 2.58. The van der Waals surface area contributed by atoms with Gasteiger partial charge in [-0.2, -0.15) is 0 Å². The quantitative estimate of drug-likeness (QED) is 0.733. The monoisotopic (exact) mass is 326 g/mol. The summed E-state index contributed by atoms with van der Waals surface area (Å²) in [5, 5.41) is 10.6. The van der Waals surface area contributed by atoms with Gasteiger partial charge in [0.25, 0.3) is 0 Å². The maximum atomic E-state index is 10.8. The predicted molar refractivity (Wildman–Crippen MR) is 91.7 cm³/mol. The molecule has 0 bridgehead atoms. The summed E-state index contributed by atoms with van der Waals surface area (Å²) < 4.78 is 2.00. The highest BCUT2D eigenvalue weighted by atomic mass is 35.5. The fourth-order valence-corrected chi connectivity index (χ4v) is 2.64. The van der Waals surface area contributed by atoms with E-state index in [1.807, 2.05) is 54.1 Å². The zero-order valence-corrected chi connectivity index (χ0v) is 13.3. The van der Waals surface area contributed by atoms with Crippen molar-refractivity contribution in [2.45, 2.75) is 13.5 Å². The van der Waals surface area contributed by atoms with Crippen molar-refractivity contribution >= 4 is 34.7 Å². The van der Waals surface area contributed by atoms with Gasteiger partial charge < -0.3 is 9.67 Å². The second-order valence-corrected chi connectivity index (χ2v) is 5.82. The number of carboxylic acids is 1. The van der Waals surface area contributed by atoms with Gasteiger partial charge >= 0.3 is 5.97 Å². The van der Waals surface area contributed by atoms with Crippen LogP contribution in [0.25, 0.3) is 17.1 Å². The zero-order chi connectivity index (χ0) is 16.4. The Morgan fingerprint density at radius 3 is 2.74 bits per heavy atom. The summed E-state index contributed by atoms with van der Waals surface area (Å²) in [6, 6.07) is 11.6. The Kier molecular flexibility index (Phi) is 4.17. The number of rotatable bonds is 4. The largest absolute Gasteiger partial charge is 0.478 e. The van der Waals surface area contributed by atoms with Gasteiger partial charge in [-0.3, -0.25) is 0 Å². The lowest BCUT2D eigenvalue weighted by Crippen LogP contribution is -2.03. The third kappa shape index (κ3) is 3.43. The van der Waals surface area contributed by atoms with E-state index in [1.165, 1.54) is 0 Å². The first kappa shape index (κ1) is 15.3. The molecule has 116 valence electrons. The number of aromatic nitrogens is 2. The molecule has 4 nitrogen and oxygen atoms in total. The molecule has 0 saturated heterocycles. The molecule has 0 spiro atoms. The van der Waals surface area contributed by atoms with E-state index >= 15 is 0 Å². The van der Waals surface area contributed by atoms with Crippen molar-refractivity contribution in [2.24, 2.45) is 0 Å². The van der Waals surface area contributed by atoms with Gasteiger partial charge in [-0.15, -0.1) is 0 Å². The fraction of sp³-hybridized carbons (Fsp3) is 0.111. The Bertz CT molecular complexity index is 895. The third-order valence-corrected chi connectivity index (χ3v) is 3.81. The average molecular weight is 327 g/mol. The Balaban J connectivity index is 2.09. The predicted octanol–water partition coefficient (Wildman–Crippen LogP) is 4.14. The number of halogens is 1. The number of carbonyl (C=O) groups is 1. The standard InChI is InChI=1S/C18H15ClN2O2/c1-12-8-14-9-16(6-7-17(22)23)21(18(14)20-10-12)11-13-2-4-15(19)5-3-13/h2-10H,11H2,1H3,(H,22,23)/b7-6+. The second kappa shape index (κ2) is 6.26. The van der Waals surface area contributed by atoms with Gasteiger partial charge in [-0.1, -0.05) is 23.7 Å². The molecule has 1 aromatic carbocycles. The molecular formula is C18H15ClN2O2. The lowest BCUT2D eigenvalue weighted by Gasteiger charge is -2.08. The van der Waals surface area contributed by atoms with Crippen LogP contribution in [0.15, 0.2) is 48.7 Å². The third-order valence-electron chi connectivity index (χ3n) is 3.55. The van der Waals surface area contributed by atoms with E-state index in [0.717, 1.165) is 33.9 Å². The zero-order valence-electron chi connectivity index (χ0n) is 12.5. The smallest absolute Gasteiger partial charge is 0.328 e. The van der Waals surface area contributed by atoms with Gasteiger partial charge in [-0.25, -0.2) is 9.78 Å². The summed E-state index contributed by atoms with van der Waals surface area (Å²) in [5.41, 5.74) is 3.76. The maximum absolute atomic E-state index is 10.8. The molecule has 3 rings (SSSR count). The van der Waals surface area contributed by atoms with Crippen molar-refractivity contribution in [2.75, 3.05) is 0 Å². The average Bonchev–Trinajstić information content (AvgIpc) is 2.84. The molecule has 0 unspecified atom stereocenters. The summed E-state index contributed by atoms with van der Waals surface area (Å²) in [6.07, 6.45) is 4.54. The number of hydrogen-bond acceptors (Lipinski definition) is 2. The van der Waals surface area contributed by atoms with E-state index in [0.29, 0.717) is 11.6 Å². The first-order valence-electron chi connectivity index (χ1n) is 7.14. The summed E-state index contributed by atoms with van der Waals surface area (Å²) in [5.74, 6) is -0.975. The summed E-state index contributed by atoms with van der Waals surface area (Å²) >= 11 is 5.93. The number of benzene rings is 1. The first-order chi connectivity index (χ1) is 11.0. The maximum Gasteiger partial charge on any atom is 0.328 e. The molecule has 0 saturated carbocycles. The highest BCUT2D eigenvalue weighted by molar-refractivity contribution is 6.30. The van der Waals surface area contributed by atoms with E-state index in [2.05, 4.69) is 4.98 Å². The molecule has 1 N–H and O–H groups in total. The van der Waals surface area contributed by atoms with Crippen LogP contribution in [0.2, 0.25) is 5.02 Å². The van der Waals surface area contributed by atoms with Crippen molar-refractivity contribution in [3.8, 4) is 0 Å². The minimum atomic E-state index is -0.975. The lowest BCUT2D eigenvalue weighted by atomic mass is 10.2. The van der Waals surface area contributed by atoms with Gasteiger partial charge in [0.05, 0.1) is 0 Å². The van der Waals surface area contributed by atoms with E-state index in [4.69, 9.17) is 16.7 Å². The van der Waals surface area contributed by atoms with Crippen LogP contribution >= 0.6 is 11.6 Å². The highest BCUT2D eigenvalue weighted by Gasteiger charge is 2.09. The van der Waals surface area contributed by atoms with E-state index in [-0.39, 0.29) is 0 Å². The van der Waals surface area contributed by atoms with E-state index in [1.54, 1.807) is 6.08 Å². The number of carboxylic acid groups (broad SMARTS) is 1. The Hall–Kier alpha value is -2.59. The van der Waals surface area contributed by atoms with Crippen LogP contribution in [-0.2, 0) is 11.3 Å². The van der Waals surface area contributed by atoms with Gasteiger partial charge in [-0.05, 0) is 48.4 Å². The van der Waals surface area contributed by atoms with E-state index < -0.39 is 5.97 Å². The van der Waals surface area contributed by atoms with Crippen molar-refractivity contribution in [3.05, 3.63) is 70.5 Å². The fourth-order valence-electron chi connectivity index (χ4n) is 2.51. The topological polar surface area (TPSA) is 55.1 Å². The number of hydrogen-bond donors (Lipinski definition) is 1. The van der Waals surface area contributed by atoms with Crippen molar-refractivity contribution in [3.63, 3.8) is 0 Å². The molecule has 0 amide bonds. The number of pyridine rings is 1. The van der Waals surface area contributed by atoms with Gasteiger partial charge in [0.15, 0.2) is 0 Å². The molecule has 5 heteroatoms. The normalized spacial score (nSPS) is 11.4. The molecule has 23 heavy (non-hydrogen) atoms. The lowest BCUT2D eigenvalue weighted by molar-refractivity contribution is -0.131. The highest BCUT2D eigenvalue weighted by Crippen LogP contribution is 2.22. The number of aryl methyl sites for hydroxylation is 1. The molecule has 3 aromatic rings. The minimum absolute atomic E-state index is 0.593.